The summed E-state index contributed by atoms with van der Waals surface area (Å²) in [4.78, 5) is 70.8. The minimum absolute atomic E-state index is 0.0128. The van der Waals surface area contributed by atoms with E-state index in [0.717, 1.165) is 17.7 Å². The molecule has 0 aliphatic carbocycles. The molecule has 0 saturated carbocycles. The van der Waals surface area contributed by atoms with Gasteiger partial charge in [0.05, 0.1) is 163 Å². The number of amides is 3. The largest absolute Gasteiger partial charge is 0.420 e. The molecule has 3 aromatic rings. The zero-order valence-corrected chi connectivity index (χ0v) is 45.9. The van der Waals surface area contributed by atoms with Crippen molar-refractivity contribution >= 4 is 47.0 Å². The molecule has 2 aliphatic rings. The Morgan fingerprint density at radius 3 is 1.70 bits per heavy atom. The van der Waals surface area contributed by atoms with Gasteiger partial charge in [-0.3, -0.25) is 29.0 Å². The summed E-state index contributed by atoms with van der Waals surface area (Å²) in [5, 5.41) is 4.21. The third-order valence-corrected chi connectivity index (χ3v) is 11.6. The predicted octanol–water partition coefficient (Wildman–Crippen LogP) is 4.11. The highest BCUT2D eigenvalue weighted by Gasteiger charge is 2.27. The molecule has 0 spiro atoms. The first-order valence-electron chi connectivity index (χ1n) is 26.8. The molecule has 448 valence electrons. The van der Waals surface area contributed by atoms with Crippen molar-refractivity contribution in [2.75, 3.05) is 157 Å². The van der Waals surface area contributed by atoms with Crippen molar-refractivity contribution in [3.8, 4) is 5.75 Å². The van der Waals surface area contributed by atoms with Gasteiger partial charge in [0, 0.05) is 55.9 Å². The highest BCUT2D eigenvalue weighted by atomic mass is 19.2. The second kappa shape index (κ2) is 37.8. The van der Waals surface area contributed by atoms with Gasteiger partial charge in [-0.15, -0.1) is 0 Å². The summed E-state index contributed by atoms with van der Waals surface area (Å²) in [6.07, 6.45) is 6.03. The number of ether oxygens (including phenoxy) is 11. The van der Waals surface area contributed by atoms with Crippen molar-refractivity contribution < 1.29 is 98.7 Å². The third kappa shape index (κ3) is 24.1. The zero-order valence-electron chi connectivity index (χ0n) is 45.9. The molecule has 2 aliphatic heterocycles. The van der Waals surface area contributed by atoms with Crippen LogP contribution in [0, 0.1) is 23.3 Å². The smallest absolute Gasteiger partial charge is 0.313 e. The molecular weight excluding hydrogens is 1080 g/mol. The first-order valence-corrected chi connectivity index (χ1v) is 26.8. The molecule has 81 heavy (non-hydrogen) atoms. The number of rotatable bonds is 41. The van der Waals surface area contributed by atoms with Gasteiger partial charge in [0.2, 0.25) is 29.0 Å². The van der Waals surface area contributed by atoms with Crippen LogP contribution in [0.5, 0.6) is 5.75 Å². The molecule has 1 aromatic carbocycles. The third-order valence-electron chi connectivity index (χ3n) is 11.6. The number of H-pyrrole nitrogens is 1. The molecule has 3 amide bonds. The Hall–Kier alpha value is -6.11. The average molecular weight is 1150 g/mol. The molecule has 0 unspecified atom stereocenters. The van der Waals surface area contributed by atoms with E-state index in [0.29, 0.717) is 160 Å². The Bertz CT molecular complexity index is 2480. The lowest BCUT2D eigenvalue weighted by molar-refractivity contribution is -0.380. The van der Waals surface area contributed by atoms with Gasteiger partial charge in [0.1, 0.15) is 17.1 Å². The van der Waals surface area contributed by atoms with Gasteiger partial charge < -0.3 is 68.1 Å². The molecule has 2 aromatic heterocycles. The average Bonchev–Trinajstić information content (AvgIpc) is 3.67. The van der Waals surface area contributed by atoms with Gasteiger partial charge >= 0.3 is 5.97 Å². The van der Waals surface area contributed by atoms with Crippen molar-refractivity contribution in [2.45, 2.75) is 52.5 Å². The molecule has 27 heteroatoms. The monoisotopic (exact) mass is 1150 g/mol. The van der Waals surface area contributed by atoms with E-state index in [-0.39, 0.29) is 69.6 Å². The quantitative estimate of drug-likeness (QED) is 0.0202. The van der Waals surface area contributed by atoms with E-state index >= 15 is 0 Å². The van der Waals surface area contributed by atoms with Gasteiger partial charge in [0.15, 0.2) is 17.8 Å². The Morgan fingerprint density at radius 1 is 0.691 bits per heavy atom. The van der Waals surface area contributed by atoms with Crippen molar-refractivity contribution in [1.82, 2.24) is 14.9 Å². The number of benzene rings is 1. The number of esters is 1. The van der Waals surface area contributed by atoms with Crippen LogP contribution in [0.3, 0.4) is 0 Å². The number of anilines is 1. The van der Waals surface area contributed by atoms with E-state index in [1.165, 1.54) is 11.3 Å². The van der Waals surface area contributed by atoms with E-state index in [4.69, 9.17) is 57.9 Å². The Labute approximate surface area is 467 Å². The molecule has 0 bridgehead atoms. The van der Waals surface area contributed by atoms with E-state index < -0.39 is 47.3 Å². The normalized spacial score (nSPS) is 13.0. The fourth-order valence-corrected chi connectivity index (χ4v) is 7.60. The lowest BCUT2D eigenvalue weighted by atomic mass is 10.0. The molecule has 4 heterocycles. The molecule has 0 fully saturated rings. The summed E-state index contributed by atoms with van der Waals surface area (Å²) in [6.45, 7) is 11.8. The van der Waals surface area contributed by atoms with Crippen LogP contribution in [0.4, 0.5) is 28.9 Å². The van der Waals surface area contributed by atoms with Crippen LogP contribution in [0.2, 0.25) is 0 Å². The van der Waals surface area contributed by atoms with Crippen LogP contribution in [-0.2, 0) is 79.6 Å². The number of carbonyl (C=O) groups is 4. The number of hydrogen-bond acceptors (Lipinski definition) is 19. The number of hydroxylamine groups is 2. The maximum Gasteiger partial charge on any atom is 0.313 e. The predicted molar refractivity (Wildman–Crippen MR) is 281 cm³/mol. The highest BCUT2D eigenvalue weighted by Crippen LogP contribution is 2.28. The van der Waals surface area contributed by atoms with Gasteiger partial charge in [-0.05, 0) is 31.0 Å². The van der Waals surface area contributed by atoms with E-state index in [1.54, 1.807) is 23.2 Å². The molecular formula is C54H74F4N7O16+. The number of pyridine rings is 2. The lowest BCUT2D eigenvalue weighted by Gasteiger charge is -2.28. The molecule has 23 nitrogen and oxygen atoms in total. The van der Waals surface area contributed by atoms with Gasteiger partial charge in [-0.1, -0.05) is 6.92 Å². The summed E-state index contributed by atoms with van der Waals surface area (Å²) in [5.74, 6) is -10.1. The minimum Gasteiger partial charge on any atom is -0.420 e. The molecule has 5 rings (SSSR count). The number of nitrogens with one attached hydrogen (secondary N) is 2. The fraction of sp³-hybridized carbons (Fsp3) is 0.574. The first-order chi connectivity index (χ1) is 39.4. The Balaban J connectivity index is 0.769. The van der Waals surface area contributed by atoms with E-state index in [2.05, 4.69) is 25.0 Å². The minimum atomic E-state index is -1.80. The topological polar surface area (TPSA) is 263 Å². The number of carbonyl (C=O) groups excluding carboxylic acids is 4. The van der Waals surface area contributed by atoms with E-state index in [9.17, 15) is 36.7 Å². The van der Waals surface area contributed by atoms with Gasteiger partial charge in [0.25, 0.3) is 11.8 Å². The van der Waals surface area contributed by atoms with Crippen molar-refractivity contribution in [3.63, 3.8) is 0 Å². The second-order valence-corrected chi connectivity index (χ2v) is 17.7. The lowest BCUT2D eigenvalue weighted by Crippen LogP contribution is -2.37. The van der Waals surface area contributed by atoms with Crippen molar-refractivity contribution in [3.05, 3.63) is 81.9 Å². The van der Waals surface area contributed by atoms with Crippen LogP contribution in [0.15, 0.2) is 41.2 Å². The molecule has 4 N–H and O–H groups in total. The fourth-order valence-electron chi connectivity index (χ4n) is 7.60. The standard InChI is InChI=1S/C54H73F4N7O16/c1-3-8-65(80-4-2)54(69)38-31-45-46(63-47(59)33-38)32-39(35-60-45)53(68)62-41-30-40-37-64(9-5-44(40)61-36-41)48(66)6-10-70-12-14-72-16-18-74-20-22-76-24-26-78-28-29-79-27-25-77-23-21-75-19-17-73-15-13-71-11-7-49(67)81-52-50(57)42(55)34-43(56)51(52)58/h30-32,34-36H,3-29,33,37H2,1-2H3,(H2,59,63)(H,62,68)/p+1. The Kier molecular flexibility index (Phi) is 30.7. The number of fused-ring (bicyclic) bond motifs is 2. The van der Waals surface area contributed by atoms with Crippen LogP contribution in [-0.4, -0.2) is 196 Å². The van der Waals surface area contributed by atoms with Crippen LogP contribution < -0.4 is 20.8 Å². The summed E-state index contributed by atoms with van der Waals surface area (Å²) in [6, 6.07) is 3.44. The second-order valence-electron chi connectivity index (χ2n) is 17.7. The SMILES string of the molecule is CCCN(OCC)C(=O)C1=Cc2[nH+]cc(C(=O)Nc3cnc4c(c3)CN(C(=O)CCOCCOCCOCCOCCOCCOCCOCCOCCOCCOCCC(=O)Oc3c(F)c(F)cc(F)c3F)CC4)cc2N=C(N)C1. The summed E-state index contributed by atoms with van der Waals surface area (Å²) in [5.41, 5.74) is 10.0. The van der Waals surface area contributed by atoms with Gasteiger partial charge in [-0.25, -0.2) is 23.8 Å². The summed E-state index contributed by atoms with van der Waals surface area (Å²) in [7, 11) is 0. The highest BCUT2D eigenvalue weighted by molar-refractivity contribution is 6.06. The van der Waals surface area contributed by atoms with Crippen molar-refractivity contribution in [1.29, 1.82) is 0 Å². The van der Waals surface area contributed by atoms with Crippen LogP contribution in [0.25, 0.3) is 6.08 Å². The number of aromatic nitrogens is 2. The van der Waals surface area contributed by atoms with Crippen molar-refractivity contribution in [2.24, 2.45) is 10.7 Å². The molecule has 0 radical (unpaired) electrons. The molecule has 0 saturated heterocycles. The van der Waals surface area contributed by atoms with Gasteiger partial charge in [-0.2, -0.15) is 8.78 Å². The van der Waals surface area contributed by atoms with Crippen LogP contribution in [0.1, 0.15) is 66.8 Å². The maximum atomic E-state index is 13.6. The number of aromatic amines is 1. The maximum absolute atomic E-state index is 13.6. The van der Waals surface area contributed by atoms with E-state index in [1.807, 2.05) is 19.9 Å². The Morgan fingerprint density at radius 2 is 1.20 bits per heavy atom. The number of hydrogen-bond donors (Lipinski definition) is 2. The summed E-state index contributed by atoms with van der Waals surface area (Å²) >= 11 is 0. The zero-order chi connectivity index (χ0) is 58.0. The number of amidine groups is 1. The molecule has 0 atom stereocenters. The number of aliphatic imine (C=N–C) groups is 1. The summed E-state index contributed by atoms with van der Waals surface area (Å²) < 4.78 is 113. The number of nitrogens with zero attached hydrogens (tertiary/aromatic N) is 4. The number of halogens is 4. The first kappa shape index (κ1) is 65.7. The van der Waals surface area contributed by atoms with Crippen LogP contribution >= 0.6 is 0 Å². The number of nitrogens with two attached hydrogens (primary N) is 1.